The number of benzene rings is 1. The van der Waals surface area contributed by atoms with Crippen LogP contribution in [0.1, 0.15) is 81.2 Å². The summed E-state index contributed by atoms with van der Waals surface area (Å²) in [5.41, 5.74) is 1.23. The van der Waals surface area contributed by atoms with Crippen molar-refractivity contribution < 1.29 is 18.0 Å². The molecule has 170 valence electrons. The van der Waals surface area contributed by atoms with E-state index in [-0.39, 0.29) is 23.3 Å². The molecule has 1 aliphatic heterocycles. The van der Waals surface area contributed by atoms with Crippen molar-refractivity contribution in [3.8, 4) is 0 Å². The van der Waals surface area contributed by atoms with Gasteiger partial charge in [0.05, 0.1) is 6.04 Å². The van der Waals surface area contributed by atoms with E-state index in [0.717, 1.165) is 15.8 Å². The molecule has 1 aromatic carbocycles. The summed E-state index contributed by atoms with van der Waals surface area (Å²) < 4.78 is 42.5. The summed E-state index contributed by atoms with van der Waals surface area (Å²) in [5, 5.41) is 10.1. The zero-order chi connectivity index (χ0) is 23.2. The first-order valence-electron chi connectivity index (χ1n) is 10.5. The van der Waals surface area contributed by atoms with Crippen molar-refractivity contribution in [2.45, 2.75) is 78.2 Å². The van der Waals surface area contributed by atoms with Crippen LogP contribution < -0.4 is 10.6 Å². The fourth-order valence-electron chi connectivity index (χ4n) is 4.44. The van der Waals surface area contributed by atoms with Crippen LogP contribution in [0.15, 0.2) is 30.3 Å². The number of alkyl halides is 3. The average Bonchev–Trinajstić information content (AvgIpc) is 3.02. The summed E-state index contributed by atoms with van der Waals surface area (Å²) in [4.78, 5) is 12.8. The number of aromatic nitrogens is 2. The molecule has 2 aromatic rings. The molecule has 2 N–H and O–H groups in total. The lowest BCUT2D eigenvalue weighted by atomic mass is 9.82. The maximum Gasteiger partial charge on any atom is 0.410 e. The van der Waals surface area contributed by atoms with Gasteiger partial charge in [0.25, 0.3) is 5.91 Å². The molecule has 0 fully saturated rings. The molecule has 0 bridgehead atoms. The second-order valence-corrected chi connectivity index (χ2v) is 10.3. The molecule has 2 heterocycles. The number of carbonyl (C=O) groups excluding carboxylic acids is 1. The van der Waals surface area contributed by atoms with Crippen LogP contribution in [0.2, 0.25) is 0 Å². The first-order valence-corrected chi connectivity index (χ1v) is 10.5. The summed E-state index contributed by atoms with van der Waals surface area (Å²) >= 11 is 0. The highest BCUT2D eigenvalue weighted by Gasteiger charge is 2.47. The summed E-state index contributed by atoms with van der Waals surface area (Å²) in [7, 11) is 0. The van der Waals surface area contributed by atoms with Crippen molar-refractivity contribution in [3.05, 3.63) is 47.2 Å². The quantitative estimate of drug-likeness (QED) is 0.637. The van der Waals surface area contributed by atoms with E-state index < -0.39 is 29.7 Å². The minimum absolute atomic E-state index is 0.0194. The topological polar surface area (TPSA) is 59.0 Å². The highest BCUT2D eigenvalue weighted by atomic mass is 19.4. The van der Waals surface area contributed by atoms with Gasteiger partial charge in [-0.2, -0.15) is 18.3 Å². The summed E-state index contributed by atoms with van der Waals surface area (Å²) in [6.07, 6.45) is -3.97. The number of anilines is 1. The molecular formula is C23H31F3N4O. The standard InChI is InChI=1S/C23H31F3N4O/c1-14-7-9-15(10-8-14)16-11-18(23(24,25)26)30-19(27-16)12-17(29-30)20(31)28-22(5,6)13-21(2,3)4/h7-10,12,16,18,27H,11,13H2,1-6H3,(H,28,31)/t16-,18+/m0/s1. The molecule has 1 aromatic heterocycles. The molecule has 1 amide bonds. The number of rotatable bonds is 4. The van der Waals surface area contributed by atoms with Crippen LogP contribution in [-0.2, 0) is 0 Å². The van der Waals surface area contributed by atoms with Gasteiger partial charge in [-0.15, -0.1) is 0 Å². The number of aryl methyl sites for hydroxylation is 1. The molecule has 0 saturated carbocycles. The lowest BCUT2D eigenvalue weighted by molar-refractivity contribution is -0.173. The lowest BCUT2D eigenvalue weighted by Crippen LogP contribution is -2.46. The Bertz CT molecular complexity index is 939. The second kappa shape index (κ2) is 7.88. The van der Waals surface area contributed by atoms with Crippen molar-refractivity contribution in [1.82, 2.24) is 15.1 Å². The number of hydrogen-bond donors (Lipinski definition) is 2. The summed E-state index contributed by atoms with van der Waals surface area (Å²) in [6, 6.07) is 6.48. The van der Waals surface area contributed by atoms with Crippen molar-refractivity contribution in [2.24, 2.45) is 5.41 Å². The number of nitrogens with one attached hydrogen (secondary N) is 2. The third-order valence-corrected chi connectivity index (χ3v) is 5.33. The monoisotopic (exact) mass is 436 g/mol. The summed E-state index contributed by atoms with van der Waals surface area (Å²) in [5.74, 6) is -0.288. The first kappa shape index (κ1) is 23.2. The number of amides is 1. The number of hydrogen-bond acceptors (Lipinski definition) is 3. The third kappa shape index (κ3) is 5.60. The Labute approximate surface area is 181 Å². The van der Waals surface area contributed by atoms with Crippen molar-refractivity contribution in [3.63, 3.8) is 0 Å². The number of fused-ring (bicyclic) bond motifs is 1. The zero-order valence-electron chi connectivity index (χ0n) is 18.9. The number of nitrogens with zero attached hydrogens (tertiary/aromatic N) is 2. The van der Waals surface area contributed by atoms with Crippen LogP contribution in [0.3, 0.4) is 0 Å². The lowest BCUT2D eigenvalue weighted by Gasteiger charge is -2.33. The van der Waals surface area contributed by atoms with Gasteiger partial charge in [0, 0.05) is 18.0 Å². The maximum absolute atomic E-state index is 13.9. The van der Waals surface area contributed by atoms with E-state index in [4.69, 9.17) is 0 Å². The van der Waals surface area contributed by atoms with Gasteiger partial charge < -0.3 is 10.6 Å². The molecule has 3 rings (SSSR count). The van der Waals surface area contributed by atoms with E-state index in [1.165, 1.54) is 6.07 Å². The number of halogens is 3. The Hall–Kier alpha value is -2.51. The maximum atomic E-state index is 13.9. The molecule has 0 unspecified atom stereocenters. The molecule has 0 spiro atoms. The van der Waals surface area contributed by atoms with E-state index in [9.17, 15) is 18.0 Å². The Morgan fingerprint density at radius 3 is 2.32 bits per heavy atom. The minimum atomic E-state index is -4.48. The van der Waals surface area contributed by atoms with Crippen molar-refractivity contribution >= 4 is 11.7 Å². The molecule has 1 aliphatic rings. The van der Waals surface area contributed by atoms with Crippen LogP contribution in [0.5, 0.6) is 0 Å². The Balaban J connectivity index is 1.89. The van der Waals surface area contributed by atoms with Gasteiger partial charge in [-0.1, -0.05) is 50.6 Å². The summed E-state index contributed by atoms with van der Waals surface area (Å²) in [6.45, 7) is 11.9. The van der Waals surface area contributed by atoms with E-state index in [1.807, 2.05) is 45.0 Å². The molecule has 8 heteroatoms. The van der Waals surface area contributed by atoms with Crippen molar-refractivity contribution in [1.29, 1.82) is 0 Å². The zero-order valence-corrected chi connectivity index (χ0v) is 18.9. The Morgan fingerprint density at radius 2 is 1.77 bits per heavy atom. The van der Waals surface area contributed by atoms with Crippen LogP contribution in [0.25, 0.3) is 0 Å². The van der Waals surface area contributed by atoms with Crippen molar-refractivity contribution in [2.75, 3.05) is 5.32 Å². The highest BCUT2D eigenvalue weighted by molar-refractivity contribution is 5.93. The van der Waals surface area contributed by atoms with Gasteiger partial charge in [-0.25, -0.2) is 4.68 Å². The van der Waals surface area contributed by atoms with Gasteiger partial charge in [-0.05, 0) is 38.2 Å². The molecule has 31 heavy (non-hydrogen) atoms. The predicted octanol–water partition coefficient (Wildman–Crippen LogP) is 5.80. The fourth-order valence-corrected chi connectivity index (χ4v) is 4.44. The first-order chi connectivity index (χ1) is 14.1. The highest BCUT2D eigenvalue weighted by Crippen LogP contribution is 2.43. The van der Waals surface area contributed by atoms with E-state index in [1.54, 1.807) is 0 Å². The molecule has 0 aliphatic carbocycles. The number of carbonyl (C=O) groups is 1. The second-order valence-electron chi connectivity index (χ2n) is 10.3. The van der Waals surface area contributed by atoms with Gasteiger partial charge >= 0.3 is 6.18 Å². The molecular weight excluding hydrogens is 405 g/mol. The van der Waals surface area contributed by atoms with Gasteiger partial charge in [0.1, 0.15) is 5.82 Å². The van der Waals surface area contributed by atoms with Crippen LogP contribution >= 0.6 is 0 Å². The largest absolute Gasteiger partial charge is 0.410 e. The van der Waals surface area contributed by atoms with Crippen LogP contribution in [0.4, 0.5) is 19.0 Å². The molecule has 0 saturated heterocycles. The fraction of sp³-hybridized carbons (Fsp3) is 0.565. The van der Waals surface area contributed by atoms with E-state index >= 15 is 0 Å². The van der Waals surface area contributed by atoms with Gasteiger partial charge in [-0.3, -0.25) is 4.79 Å². The van der Waals surface area contributed by atoms with E-state index in [2.05, 4.69) is 36.5 Å². The SMILES string of the molecule is Cc1ccc([C@@H]2C[C@H](C(F)(F)F)n3nc(C(=O)NC(C)(C)CC(C)(C)C)cc3N2)cc1. The smallest absolute Gasteiger partial charge is 0.363 e. The van der Waals surface area contributed by atoms with Crippen LogP contribution in [-0.4, -0.2) is 27.4 Å². The Kier molecular flexibility index (Phi) is 5.88. The van der Waals surface area contributed by atoms with Crippen LogP contribution in [0, 0.1) is 12.3 Å². The van der Waals surface area contributed by atoms with E-state index in [0.29, 0.717) is 6.42 Å². The Morgan fingerprint density at radius 1 is 1.16 bits per heavy atom. The minimum Gasteiger partial charge on any atom is -0.363 e. The molecule has 5 nitrogen and oxygen atoms in total. The third-order valence-electron chi connectivity index (χ3n) is 5.33. The average molecular weight is 437 g/mol. The van der Waals surface area contributed by atoms with Gasteiger partial charge in [0.2, 0.25) is 0 Å². The molecule has 2 atom stereocenters. The van der Waals surface area contributed by atoms with Gasteiger partial charge in [0.15, 0.2) is 11.7 Å². The predicted molar refractivity (Wildman–Crippen MR) is 115 cm³/mol. The normalized spacial score (nSPS) is 19.5. The molecule has 0 radical (unpaired) electrons.